The Labute approximate surface area is 163 Å². The van der Waals surface area contributed by atoms with Crippen LogP contribution in [0, 0.1) is 0 Å². The van der Waals surface area contributed by atoms with Gasteiger partial charge in [0.25, 0.3) is 0 Å². The normalized spacial score (nSPS) is 15.6. The molecule has 4 rings (SSSR count). The van der Waals surface area contributed by atoms with Gasteiger partial charge < -0.3 is 10.2 Å². The standard InChI is InChI=1S/C19H25N7S/c1-13(2)25-6-8-26(9-7-25)18-11-17(22-19(23-18)27-3)21-15-4-5-16-14(10-15)12-20-24-16/h4-5,10-13H,6-9H2,1-3H3,(H,20,24)(H,21,22,23). The fourth-order valence-corrected chi connectivity index (χ4v) is 3.74. The van der Waals surface area contributed by atoms with Gasteiger partial charge in [-0.2, -0.15) is 5.10 Å². The molecule has 142 valence electrons. The molecule has 3 heterocycles. The van der Waals surface area contributed by atoms with E-state index in [2.05, 4.69) is 50.2 Å². The van der Waals surface area contributed by atoms with Gasteiger partial charge in [-0.05, 0) is 38.3 Å². The first-order chi connectivity index (χ1) is 13.1. The average molecular weight is 384 g/mol. The van der Waals surface area contributed by atoms with E-state index < -0.39 is 0 Å². The Bertz CT molecular complexity index is 915. The number of hydrogen-bond acceptors (Lipinski definition) is 7. The largest absolute Gasteiger partial charge is 0.354 e. The van der Waals surface area contributed by atoms with Crippen molar-refractivity contribution >= 4 is 40.0 Å². The van der Waals surface area contributed by atoms with Crippen molar-refractivity contribution in [2.75, 3.05) is 42.7 Å². The van der Waals surface area contributed by atoms with Gasteiger partial charge in [0.05, 0.1) is 11.7 Å². The lowest BCUT2D eigenvalue weighted by atomic mass is 10.2. The van der Waals surface area contributed by atoms with Gasteiger partial charge >= 0.3 is 0 Å². The minimum absolute atomic E-state index is 0.592. The summed E-state index contributed by atoms with van der Waals surface area (Å²) >= 11 is 1.57. The summed E-state index contributed by atoms with van der Waals surface area (Å²) in [7, 11) is 0. The summed E-state index contributed by atoms with van der Waals surface area (Å²) in [5.41, 5.74) is 2.02. The Kier molecular flexibility index (Phi) is 5.18. The third-order valence-electron chi connectivity index (χ3n) is 4.96. The quantitative estimate of drug-likeness (QED) is 0.517. The fraction of sp³-hybridized carbons (Fsp3) is 0.421. The number of aromatic nitrogens is 4. The maximum absolute atomic E-state index is 4.73. The molecule has 27 heavy (non-hydrogen) atoms. The number of benzene rings is 1. The minimum Gasteiger partial charge on any atom is -0.354 e. The summed E-state index contributed by atoms with van der Waals surface area (Å²) in [6.07, 6.45) is 3.84. The number of piperazine rings is 1. The molecule has 7 nitrogen and oxygen atoms in total. The van der Waals surface area contributed by atoms with E-state index in [1.54, 1.807) is 11.8 Å². The Balaban J connectivity index is 1.55. The molecule has 0 unspecified atom stereocenters. The van der Waals surface area contributed by atoms with Crippen LogP contribution in [-0.4, -0.2) is 63.5 Å². The number of thioether (sulfide) groups is 1. The molecule has 0 saturated carbocycles. The van der Waals surface area contributed by atoms with Crippen LogP contribution in [0.5, 0.6) is 0 Å². The second-order valence-corrected chi connectivity index (χ2v) is 7.79. The van der Waals surface area contributed by atoms with E-state index in [0.717, 1.165) is 59.6 Å². The van der Waals surface area contributed by atoms with Crippen LogP contribution in [0.3, 0.4) is 0 Å². The molecule has 8 heteroatoms. The Hall–Kier alpha value is -2.32. The monoisotopic (exact) mass is 383 g/mol. The summed E-state index contributed by atoms with van der Waals surface area (Å²) in [6, 6.07) is 8.76. The van der Waals surface area contributed by atoms with Gasteiger partial charge in [-0.15, -0.1) is 0 Å². The van der Waals surface area contributed by atoms with Crippen LogP contribution in [0.1, 0.15) is 13.8 Å². The number of anilines is 3. The van der Waals surface area contributed by atoms with Crippen molar-refractivity contribution in [3.63, 3.8) is 0 Å². The van der Waals surface area contributed by atoms with E-state index in [1.807, 2.05) is 30.7 Å². The van der Waals surface area contributed by atoms with E-state index in [9.17, 15) is 0 Å². The van der Waals surface area contributed by atoms with Crippen molar-refractivity contribution in [2.45, 2.75) is 25.0 Å². The first-order valence-corrected chi connectivity index (χ1v) is 10.5. The molecule has 1 aliphatic rings. The Morgan fingerprint density at radius 2 is 1.93 bits per heavy atom. The molecule has 0 radical (unpaired) electrons. The fourth-order valence-electron chi connectivity index (χ4n) is 3.37. The topological polar surface area (TPSA) is 73.0 Å². The van der Waals surface area contributed by atoms with E-state index in [0.29, 0.717) is 6.04 Å². The molecule has 0 amide bonds. The van der Waals surface area contributed by atoms with Crippen LogP contribution >= 0.6 is 11.8 Å². The summed E-state index contributed by atoms with van der Waals surface area (Å²) < 4.78 is 0. The minimum atomic E-state index is 0.592. The maximum Gasteiger partial charge on any atom is 0.191 e. The van der Waals surface area contributed by atoms with Gasteiger partial charge in [-0.3, -0.25) is 10.00 Å². The number of aromatic amines is 1. The van der Waals surface area contributed by atoms with Gasteiger partial charge in [0.2, 0.25) is 0 Å². The zero-order valence-corrected chi connectivity index (χ0v) is 16.8. The lowest BCUT2D eigenvalue weighted by molar-refractivity contribution is 0.209. The number of nitrogens with zero attached hydrogens (tertiary/aromatic N) is 5. The van der Waals surface area contributed by atoms with E-state index in [1.165, 1.54) is 0 Å². The third kappa shape index (κ3) is 4.01. The van der Waals surface area contributed by atoms with Crippen molar-refractivity contribution in [2.24, 2.45) is 0 Å². The molecule has 0 aliphatic carbocycles. The predicted molar refractivity (Wildman–Crippen MR) is 112 cm³/mol. The Morgan fingerprint density at radius 1 is 1.11 bits per heavy atom. The van der Waals surface area contributed by atoms with Gasteiger partial charge in [-0.25, -0.2) is 9.97 Å². The van der Waals surface area contributed by atoms with Gasteiger partial charge in [0, 0.05) is 49.4 Å². The summed E-state index contributed by atoms with van der Waals surface area (Å²) in [4.78, 5) is 14.2. The highest BCUT2D eigenvalue weighted by atomic mass is 32.2. The Morgan fingerprint density at radius 3 is 2.67 bits per heavy atom. The van der Waals surface area contributed by atoms with Crippen molar-refractivity contribution < 1.29 is 0 Å². The third-order valence-corrected chi connectivity index (χ3v) is 5.50. The van der Waals surface area contributed by atoms with Crippen molar-refractivity contribution in [3.05, 3.63) is 30.5 Å². The average Bonchev–Trinajstić information content (AvgIpc) is 3.15. The zero-order chi connectivity index (χ0) is 18.8. The van der Waals surface area contributed by atoms with Gasteiger partial charge in [0.1, 0.15) is 11.6 Å². The molecule has 0 spiro atoms. The molecule has 1 fully saturated rings. The molecule has 0 atom stereocenters. The van der Waals surface area contributed by atoms with Crippen LogP contribution in [-0.2, 0) is 0 Å². The number of rotatable bonds is 5. The second-order valence-electron chi connectivity index (χ2n) is 7.01. The first kappa shape index (κ1) is 18.1. The predicted octanol–water partition coefficient (Wildman–Crippen LogP) is 3.35. The van der Waals surface area contributed by atoms with Crippen LogP contribution in [0.25, 0.3) is 10.9 Å². The summed E-state index contributed by atoms with van der Waals surface area (Å²) in [5.74, 6) is 1.81. The number of hydrogen-bond donors (Lipinski definition) is 2. The molecular weight excluding hydrogens is 358 g/mol. The van der Waals surface area contributed by atoms with Gasteiger partial charge in [-0.1, -0.05) is 11.8 Å². The smallest absolute Gasteiger partial charge is 0.191 e. The lowest BCUT2D eigenvalue weighted by Crippen LogP contribution is -2.49. The van der Waals surface area contributed by atoms with E-state index in [4.69, 9.17) is 4.98 Å². The highest BCUT2D eigenvalue weighted by Gasteiger charge is 2.20. The van der Waals surface area contributed by atoms with Crippen LogP contribution in [0.2, 0.25) is 0 Å². The molecule has 0 bridgehead atoms. The highest BCUT2D eigenvalue weighted by Crippen LogP contribution is 2.25. The lowest BCUT2D eigenvalue weighted by Gasteiger charge is -2.37. The van der Waals surface area contributed by atoms with Crippen LogP contribution in [0.4, 0.5) is 17.3 Å². The molecular formula is C19H25N7S. The van der Waals surface area contributed by atoms with Crippen LogP contribution in [0.15, 0.2) is 35.6 Å². The van der Waals surface area contributed by atoms with Crippen molar-refractivity contribution in [1.29, 1.82) is 0 Å². The van der Waals surface area contributed by atoms with E-state index >= 15 is 0 Å². The van der Waals surface area contributed by atoms with Crippen LogP contribution < -0.4 is 10.2 Å². The van der Waals surface area contributed by atoms with Crippen molar-refractivity contribution in [1.82, 2.24) is 25.1 Å². The summed E-state index contributed by atoms with van der Waals surface area (Å²) in [6.45, 7) is 8.62. The SMILES string of the molecule is CSc1nc(Nc2ccc3[nH]ncc3c2)cc(N2CCN(C(C)C)CC2)n1. The number of fused-ring (bicyclic) bond motifs is 1. The molecule has 1 aliphatic heterocycles. The van der Waals surface area contributed by atoms with Crippen molar-refractivity contribution in [3.8, 4) is 0 Å². The van der Waals surface area contributed by atoms with E-state index in [-0.39, 0.29) is 0 Å². The van der Waals surface area contributed by atoms with Gasteiger partial charge in [0.15, 0.2) is 5.16 Å². The molecule has 3 aromatic rings. The summed E-state index contributed by atoms with van der Waals surface area (Å²) in [5, 5.41) is 12.3. The molecule has 1 aromatic carbocycles. The molecule has 2 aromatic heterocycles. The number of H-pyrrole nitrogens is 1. The number of nitrogens with one attached hydrogen (secondary N) is 2. The second kappa shape index (κ2) is 7.74. The first-order valence-electron chi connectivity index (χ1n) is 9.24. The maximum atomic E-state index is 4.73. The molecule has 2 N–H and O–H groups in total. The molecule has 1 saturated heterocycles. The highest BCUT2D eigenvalue weighted by molar-refractivity contribution is 7.98. The zero-order valence-electron chi connectivity index (χ0n) is 15.9.